The molecule has 0 aromatic heterocycles. The maximum absolute atomic E-state index is 4.30. The lowest BCUT2D eigenvalue weighted by Crippen LogP contribution is -1.88. The van der Waals surface area contributed by atoms with Crippen molar-refractivity contribution in [2.45, 2.75) is 13.8 Å². The molecule has 14 heavy (non-hydrogen) atoms. The Morgan fingerprint density at radius 2 is 2.07 bits per heavy atom. The molecular formula is C12H16N2. The lowest BCUT2D eigenvalue weighted by molar-refractivity contribution is 1.44. The SMILES string of the molecule is CC=Nc1cc(/C=C/C)ccc1NC. The van der Waals surface area contributed by atoms with Gasteiger partial charge in [0.25, 0.3) is 0 Å². The number of allylic oxidation sites excluding steroid dienone is 1. The van der Waals surface area contributed by atoms with Crippen LogP contribution in [0.15, 0.2) is 29.3 Å². The summed E-state index contributed by atoms with van der Waals surface area (Å²) in [4.78, 5) is 4.30. The predicted molar refractivity (Wildman–Crippen MR) is 64.5 cm³/mol. The Morgan fingerprint density at radius 1 is 1.29 bits per heavy atom. The summed E-state index contributed by atoms with van der Waals surface area (Å²) in [7, 11) is 1.90. The summed E-state index contributed by atoms with van der Waals surface area (Å²) in [6.07, 6.45) is 5.89. The lowest BCUT2D eigenvalue weighted by Gasteiger charge is -2.05. The molecule has 0 saturated carbocycles. The van der Waals surface area contributed by atoms with E-state index < -0.39 is 0 Å². The Kier molecular flexibility index (Phi) is 3.92. The number of hydrogen-bond donors (Lipinski definition) is 1. The van der Waals surface area contributed by atoms with Crippen molar-refractivity contribution in [3.05, 3.63) is 29.8 Å². The van der Waals surface area contributed by atoms with Crippen molar-refractivity contribution in [1.29, 1.82) is 0 Å². The highest BCUT2D eigenvalue weighted by Gasteiger charge is 1.98. The van der Waals surface area contributed by atoms with Crippen LogP contribution < -0.4 is 5.32 Å². The first-order valence-electron chi connectivity index (χ1n) is 4.75. The van der Waals surface area contributed by atoms with Gasteiger partial charge in [-0.2, -0.15) is 0 Å². The van der Waals surface area contributed by atoms with E-state index in [4.69, 9.17) is 0 Å². The molecule has 0 fully saturated rings. The predicted octanol–water partition coefficient (Wildman–Crippen LogP) is 3.48. The zero-order valence-electron chi connectivity index (χ0n) is 8.91. The average molecular weight is 188 g/mol. The van der Waals surface area contributed by atoms with E-state index >= 15 is 0 Å². The molecule has 0 aliphatic heterocycles. The van der Waals surface area contributed by atoms with E-state index in [2.05, 4.69) is 28.5 Å². The second kappa shape index (κ2) is 5.22. The standard InChI is InChI=1S/C12H16N2/c1-4-6-10-7-8-11(13-3)12(9-10)14-5-2/h4-9,13H,1-3H3/b6-4+,14-5?. The van der Waals surface area contributed by atoms with Gasteiger partial charge in [0.05, 0.1) is 11.4 Å². The first kappa shape index (κ1) is 10.5. The monoisotopic (exact) mass is 188 g/mol. The fourth-order valence-corrected chi connectivity index (χ4v) is 1.30. The molecule has 1 aromatic carbocycles. The molecular weight excluding hydrogens is 172 g/mol. The Morgan fingerprint density at radius 3 is 2.64 bits per heavy atom. The Balaban J connectivity index is 3.13. The summed E-state index contributed by atoms with van der Waals surface area (Å²) in [6, 6.07) is 6.17. The highest BCUT2D eigenvalue weighted by atomic mass is 14.9. The molecule has 1 N–H and O–H groups in total. The second-order valence-corrected chi connectivity index (χ2v) is 2.91. The van der Waals surface area contributed by atoms with Gasteiger partial charge in [-0.3, -0.25) is 4.99 Å². The number of anilines is 1. The zero-order chi connectivity index (χ0) is 10.4. The number of nitrogens with one attached hydrogen (secondary N) is 1. The van der Waals surface area contributed by atoms with Crippen LogP contribution in [-0.2, 0) is 0 Å². The van der Waals surface area contributed by atoms with Gasteiger partial charge >= 0.3 is 0 Å². The highest BCUT2D eigenvalue weighted by Crippen LogP contribution is 2.26. The van der Waals surface area contributed by atoms with E-state index in [1.165, 1.54) is 5.56 Å². The largest absolute Gasteiger partial charge is 0.386 e. The quantitative estimate of drug-likeness (QED) is 0.721. The molecule has 2 nitrogen and oxygen atoms in total. The second-order valence-electron chi connectivity index (χ2n) is 2.91. The average Bonchev–Trinajstić information content (AvgIpc) is 2.19. The Labute approximate surface area is 85.4 Å². The van der Waals surface area contributed by atoms with Crippen molar-refractivity contribution < 1.29 is 0 Å². The highest BCUT2D eigenvalue weighted by molar-refractivity contribution is 5.74. The maximum Gasteiger partial charge on any atom is 0.0862 e. The maximum atomic E-state index is 4.30. The van der Waals surface area contributed by atoms with Gasteiger partial charge in [-0.05, 0) is 31.5 Å². The summed E-state index contributed by atoms with van der Waals surface area (Å²) < 4.78 is 0. The molecule has 0 atom stereocenters. The molecule has 0 heterocycles. The smallest absolute Gasteiger partial charge is 0.0862 e. The van der Waals surface area contributed by atoms with Gasteiger partial charge in [-0.15, -0.1) is 0 Å². The Hall–Kier alpha value is -1.57. The molecule has 0 aliphatic carbocycles. The normalized spacial score (nSPS) is 11.4. The van der Waals surface area contributed by atoms with Crippen LogP contribution in [0.5, 0.6) is 0 Å². The van der Waals surface area contributed by atoms with Crippen LogP contribution >= 0.6 is 0 Å². The number of nitrogens with zero attached hydrogens (tertiary/aromatic N) is 1. The number of aliphatic imine (C=N–C) groups is 1. The van der Waals surface area contributed by atoms with E-state index in [0.717, 1.165) is 11.4 Å². The van der Waals surface area contributed by atoms with Crippen LogP contribution in [0.1, 0.15) is 19.4 Å². The summed E-state index contributed by atoms with van der Waals surface area (Å²) >= 11 is 0. The minimum absolute atomic E-state index is 0.977. The molecule has 0 aliphatic rings. The van der Waals surface area contributed by atoms with Crippen molar-refractivity contribution in [3.8, 4) is 0 Å². The van der Waals surface area contributed by atoms with E-state index in [9.17, 15) is 0 Å². The Bertz CT molecular complexity index is 351. The van der Waals surface area contributed by atoms with Crippen molar-refractivity contribution in [2.75, 3.05) is 12.4 Å². The van der Waals surface area contributed by atoms with Crippen LogP contribution in [0.3, 0.4) is 0 Å². The van der Waals surface area contributed by atoms with Crippen molar-refractivity contribution >= 4 is 23.7 Å². The first-order valence-corrected chi connectivity index (χ1v) is 4.75. The van der Waals surface area contributed by atoms with Gasteiger partial charge in [-0.25, -0.2) is 0 Å². The molecule has 0 unspecified atom stereocenters. The molecule has 0 amide bonds. The minimum atomic E-state index is 0.977. The summed E-state index contributed by atoms with van der Waals surface area (Å²) in [6.45, 7) is 3.93. The summed E-state index contributed by atoms with van der Waals surface area (Å²) in [5, 5.41) is 3.11. The van der Waals surface area contributed by atoms with E-state index in [-0.39, 0.29) is 0 Å². The molecule has 0 radical (unpaired) electrons. The molecule has 74 valence electrons. The van der Waals surface area contributed by atoms with Gasteiger partial charge in [0.15, 0.2) is 0 Å². The molecule has 1 aromatic rings. The summed E-state index contributed by atoms with van der Waals surface area (Å²) in [5.41, 5.74) is 3.20. The molecule has 0 spiro atoms. The zero-order valence-corrected chi connectivity index (χ0v) is 8.91. The molecule has 1 rings (SSSR count). The van der Waals surface area contributed by atoms with Crippen LogP contribution in [0.25, 0.3) is 6.08 Å². The van der Waals surface area contributed by atoms with Crippen LogP contribution in [0, 0.1) is 0 Å². The van der Waals surface area contributed by atoms with E-state index in [1.807, 2.05) is 33.0 Å². The van der Waals surface area contributed by atoms with E-state index in [1.54, 1.807) is 6.21 Å². The number of rotatable bonds is 3. The van der Waals surface area contributed by atoms with E-state index in [0.29, 0.717) is 0 Å². The van der Waals surface area contributed by atoms with Gasteiger partial charge in [0.2, 0.25) is 0 Å². The fraction of sp³-hybridized carbons (Fsp3) is 0.250. The molecule has 2 heteroatoms. The number of hydrogen-bond acceptors (Lipinski definition) is 2. The topological polar surface area (TPSA) is 24.4 Å². The lowest BCUT2D eigenvalue weighted by atomic mass is 10.1. The van der Waals surface area contributed by atoms with Gasteiger partial charge in [-0.1, -0.05) is 18.2 Å². The third-order valence-electron chi connectivity index (χ3n) is 1.92. The fourth-order valence-electron chi connectivity index (χ4n) is 1.30. The minimum Gasteiger partial charge on any atom is -0.386 e. The third-order valence-corrected chi connectivity index (χ3v) is 1.92. The van der Waals surface area contributed by atoms with Crippen LogP contribution in [0.2, 0.25) is 0 Å². The molecule has 0 saturated heterocycles. The van der Waals surface area contributed by atoms with Crippen molar-refractivity contribution in [2.24, 2.45) is 4.99 Å². The number of benzene rings is 1. The van der Waals surface area contributed by atoms with Crippen LogP contribution in [-0.4, -0.2) is 13.3 Å². The van der Waals surface area contributed by atoms with Crippen molar-refractivity contribution in [1.82, 2.24) is 0 Å². The first-order chi connectivity index (χ1) is 6.81. The van der Waals surface area contributed by atoms with Gasteiger partial charge in [0.1, 0.15) is 0 Å². The summed E-state index contributed by atoms with van der Waals surface area (Å²) in [5.74, 6) is 0. The van der Waals surface area contributed by atoms with Crippen LogP contribution in [0.4, 0.5) is 11.4 Å². The third kappa shape index (κ3) is 2.46. The molecule has 0 bridgehead atoms. The van der Waals surface area contributed by atoms with Gasteiger partial charge < -0.3 is 5.32 Å². The van der Waals surface area contributed by atoms with Crippen molar-refractivity contribution in [3.63, 3.8) is 0 Å². The van der Waals surface area contributed by atoms with Gasteiger partial charge in [0, 0.05) is 13.3 Å².